The van der Waals surface area contributed by atoms with E-state index >= 15 is 0 Å². The second kappa shape index (κ2) is 10.2. The van der Waals surface area contributed by atoms with E-state index in [-0.39, 0.29) is 23.8 Å². The van der Waals surface area contributed by atoms with Gasteiger partial charge in [-0.25, -0.2) is 0 Å². The van der Waals surface area contributed by atoms with E-state index in [1.165, 1.54) is 0 Å². The van der Waals surface area contributed by atoms with Crippen LogP contribution in [0.2, 0.25) is 0 Å². The molecule has 1 heterocycles. The fourth-order valence-electron chi connectivity index (χ4n) is 4.22. The number of hydrogen-bond acceptors (Lipinski definition) is 2. The molecule has 25 heavy (non-hydrogen) atoms. The lowest BCUT2D eigenvalue weighted by molar-refractivity contribution is -0.139. The van der Waals surface area contributed by atoms with Crippen LogP contribution in [0.1, 0.15) is 80.1 Å². The number of carbonyl (C=O) groups excluding carboxylic acids is 2. The van der Waals surface area contributed by atoms with Crippen molar-refractivity contribution in [2.75, 3.05) is 13.6 Å². The topological polar surface area (TPSA) is 40.6 Å². The van der Waals surface area contributed by atoms with Crippen LogP contribution < -0.4 is 0 Å². The van der Waals surface area contributed by atoms with E-state index in [0.29, 0.717) is 30.7 Å². The van der Waals surface area contributed by atoms with Crippen LogP contribution in [-0.2, 0) is 9.59 Å². The molecule has 0 spiro atoms. The second-order valence-electron chi connectivity index (χ2n) is 8.43. The lowest BCUT2D eigenvalue weighted by Gasteiger charge is -2.39. The minimum atomic E-state index is 0.142. The molecule has 0 aromatic heterocycles. The molecular weight excluding hydrogens is 312 g/mol. The van der Waals surface area contributed by atoms with Crippen molar-refractivity contribution in [3.63, 3.8) is 0 Å². The largest absolute Gasteiger partial charge is 0.342 e. The number of nitrogens with zero attached hydrogens (tertiary/aromatic N) is 2. The van der Waals surface area contributed by atoms with Gasteiger partial charge in [0.05, 0.1) is 0 Å². The number of carbonyl (C=O) groups is 2. The highest BCUT2D eigenvalue weighted by atomic mass is 16.2. The summed E-state index contributed by atoms with van der Waals surface area (Å²) in [6.45, 7) is 13.8. The van der Waals surface area contributed by atoms with Gasteiger partial charge in [-0.3, -0.25) is 9.59 Å². The average molecular weight is 353 g/mol. The first-order valence-corrected chi connectivity index (χ1v) is 10.3. The normalized spacial score (nSPS) is 21.3. The Hall–Kier alpha value is -1.06. The van der Waals surface area contributed by atoms with Gasteiger partial charge in [-0.15, -0.1) is 0 Å². The Morgan fingerprint density at radius 2 is 1.76 bits per heavy atom. The highest BCUT2D eigenvalue weighted by Crippen LogP contribution is 2.29. The molecule has 146 valence electrons. The summed E-state index contributed by atoms with van der Waals surface area (Å²) in [5.41, 5.74) is 0. The molecule has 0 aromatic carbocycles. The fourth-order valence-corrected chi connectivity index (χ4v) is 4.22. The molecule has 1 saturated heterocycles. The molecular formula is C21H40N2O2. The van der Waals surface area contributed by atoms with Gasteiger partial charge >= 0.3 is 0 Å². The van der Waals surface area contributed by atoms with Crippen molar-refractivity contribution in [3.8, 4) is 0 Å². The minimum Gasteiger partial charge on any atom is -0.342 e. The maximum atomic E-state index is 12.8. The quantitative estimate of drug-likeness (QED) is 0.619. The van der Waals surface area contributed by atoms with Gasteiger partial charge in [-0.2, -0.15) is 0 Å². The van der Waals surface area contributed by atoms with Crippen LogP contribution in [0, 0.1) is 17.8 Å². The van der Waals surface area contributed by atoms with Crippen molar-refractivity contribution in [3.05, 3.63) is 0 Å². The van der Waals surface area contributed by atoms with Crippen molar-refractivity contribution in [1.82, 2.24) is 9.80 Å². The van der Waals surface area contributed by atoms with E-state index in [2.05, 4.69) is 41.5 Å². The minimum absolute atomic E-state index is 0.142. The zero-order valence-electron chi connectivity index (χ0n) is 17.5. The third kappa shape index (κ3) is 6.00. The second-order valence-corrected chi connectivity index (χ2v) is 8.43. The van der Waals surface area contributed by atoms with Crippen LogP contribution in [0.25, 0.3) is 0 Å². The molecule has 1 fully saturated rings. The lowest BCUT2D eigenvalue weighted by Crippen LogP contribution is -2.47. The van der Waals surface area contributed by atoms with E-state index in [9.17, 15) is 9.59 Å². The molecule has 0 radical (unpaired) electrons. The molecule has 4 unspecified atom stereocenters. The van der Waals surface area contributed by atoms with Crippen molar-refractivity contribution < 1.29 is 9.59 Å². The van der Waals surface area contributed by atoms with Gasteiger partial charge in [0.15, 0.2) is 0 Å². The van der Waals surface area contributed by atoms with Gasteiger partial charge in [0.2, 0.25) is 11.8 Å². The third-order valence-corrected chi connectivity index (χ3v) is 5.97. The van der Waals surface area contributed by atoms with Crippen molar-refractivity contribution in [2.45, 2.75) is 92.2 Å². The Balaban J connectivity index is 2.89. The Bertz CT molecular complexity index is 436. The molecule has 1 aliphatic rings. The standard InChI is InChI=1S/C21H40N2O2/c1-8-16(5)21(22(7)19(24)13-15(3)4)18(9-2)14-20(25)23-12-10-11-17(23)6/h15-18,21H,8-14H2,1-7H3. The Morgan fingerprint density at radius 1 is 1.12 bits per heavy atom. The van der Waals surface area contributed by atoms with E-state index in [4.69, 9.17) is 0 Å². The molecule has 4 heteroatoms. The SMILES string of the molecule is CCC(C)C(C(CC)CC(=O)N1CCCC1C)N(C)C(=O)CC(C)C. The van der Waals surface area contributed by atoms with Crippen LogP contribution in [0.15, 0.2) is 0 Å². The monoisotopic (exact) mass is 352 g/mol. The summed E-state index contributed by atoms with van der Waals surface area (Å²) < 4.78 is 0. The molecule has 0 bridgehead atoms. The van der Waals surface area contributed by atoms with Crippen molar-refractivity contribution in [1.29, 1.82) is 0 Å². The van der Waals surface area contributed by atoms with Gasteiger partial charge in [0.25, 0.3) is 0 Å². The highest BCUT2D eigenvalue weighted by molar-refractivity contribution is 5.78. The first-order chi connectivity index (χ1) is 11.7. The van der Waals surface area contributed by atoms with Gasteiger partial charge in [-0.05, 0) is 37.5 Å². The summed E-state index contributed by atoms with van der Waals surface area (Å²) in [6, 6.07) is 0.510. The number of likely N-dealkylation sites (tertiary alicyclic amines) is 1. The van der Waals surface area contributed by atoms with E-state index < -0.39 is 0 Å². The van der Waals surface area contributed by atoms with E-state index in [0.717, 1.165) is 32.2 Å². The molecule has 0 aliphatic carbocycles. The Kier molecular flexibility index (Phi) is 8.95. The van der Waals surface area contributed by atoms with Gasteiger partial charge in [0.1, 0.15) is 0 Å². The summed E-state index contributed by atoms with van der Waals surface area (Å²) in [7, 11) is 1.94. The van der Waals surface area contributed by atoms with E-state index in [1.807, 2.05) is 16.8 Å². The Labute approximate surface area is 155 Å². The van der Waals surface area contributed by atoms with Crippen LogP contribution >= 0.6 is 0 Å². The maximum absolute atomic E-state index is 12.8. The molecule has 0 aromatic rings. The highest BCUT2D eigenvalue weighted by Gasteiger charge is 2.34. The van der Waals surface area contributed by atoms with Crippen LogP contribution in [0.3, 0.4) is 0 Å². The molecule has 2 amide bonds. The predicted octanol–water partition coefficient (Wildman–Crippen LogP) is 4.33. The van der Waals surface area contributed by atoms with Crippen LogP contribution in [-0.4, -0.2) is 47.3 Å². The summed E-state index contributed by atoms with van der Waals surface area (Å²) in [5.74, 6) is 1.47. The zero-order valence-corrected chi connectivity index (χ0v) is 17.5. The smallest absolute Gasteiger partial charge is 0.223 e. The summed E-state index contributed by atoms with van der Waals surface area (Å²) in [6.07, 6.45) is 5.33. The van der Waals surface area contributed by atoms with Gasteiger partial charge in [-0.1, -0.05) is 47.5 Å². The van der Waals surface area contributed by atoms with Crippen molar-refractivity contribution >= 4 is 11.8 Å². The molecule has 4 nitrogen and oxygen atoms in total. The first kappa shape index (κ1) is 22.0. The molecule has 1 rings (SSSR count). The number of hydrogen-bond donors (Lipinski definition) is 0. The maximum Gasteiger partial charge on any atom is 0.223 e. The summed E-state index contributed by atoms with van der Waals surface area (Å²) >= 11 is 0. The number of rotatable bonds is 9. The van der Waals surface area contributed by atoms with E-state index in [1.54, 1.807) is 0 Å². The average Bonchev–Trinajstić information content (AvgIpc) is 2.98. The Morgan fingerprint density at radius 3 is 2.20 bits per heavy atom. The lowest BCUT2D eigenvalue weighted by atomic mass is 9.82. The third-order valence-electron chi connectivity index (χ3n) is 5.97. The molecule has 0 saturated carbocycles. The van der Waals surface area contributed by atoms with Crippen LogP contribution in [0.5, 0.6) is 0 Å². The number of amides is 2. The zero-order chi connectivity index (χ0) is 19.1. The first-order valence-electron chi connectivity index (χ1n) is 10.3. The predicted molar refractivity (Wildman–Crippen MR) is 104 cm³/mol. The van der Waals surface area contributed by atoms with Gasteiger partial charge < -0.3 is 9.80 Å². The van der Waals surface area contributed by atoms with Gasteiger partial charge in [0, 0.05) is 38.5 Å². The fraction of sp³-hybridized carbons (Fsp3) is 0.905. The summed E-state index contributed by atoms with van der Waals surface area (Å²) in [4.78, 5) is 29.5. The molecule has 1 aliphatic heterocycles. The summed E-state index contributed by atoms with van der Waals surface area (Å²) in [5, 5.41) is 0. The van der Waals surface area contributed by atoms with Crippen molar-refractivity contribution in [2.24, 2.45) is 17.8 Å². The molecule has 0 N–H and O–H groups in total. The van der Waals surface area contributed by atoms with Crippen LogP contribution in [0.4, 0.5) is 0 Å². The molecule has 4 atom stereocenters.